The Labute approximate surface area is 96.7 Å². The fourth-order valence-electron chi connectivity index (χ4n) is 1.23. The van der Waals surface area contributed by atoms with Gasteiger partial charge in [0.15, 0.2) is 0 Å². The minimum atomic E-state index is -3.80. The van der Waals surface area contributed by atoms with Gasteiger partial charge in [-0.05, 0) is 24.3 Å². The largest absolute Gasteiger partial charge is 0.383 e. The van der Waals surface area contributed by atoms with E-state index in [1.807, 2.05) is 0 Å². The molecule has 0 aliphatic rings. The summed E-state index contributed by atoms with van der Waals surface area (Å²) >= 11 is 0. The number of nitrogens with two attached hydrogens (primary N) is 1. The summed E-state index contributed by atoms with van der Waals surface area (Å²) in [5.74, 6) is -0.504. The van der Waals surface area contributed by atoms with Crippen LogP contribution in [0, 0.1) is 5.82 Å². The summed E-state index contributed by atoms with van der Waals surface area (Å²) in [6, 6.07) is 4.92. The Bertz CT molecular complexity index is 621. The number of H-pyrrole nitrogens is 1. The SMILES string of the molecule is Nc1[nH]ncc1S(=O)(=O)Nc1ccc(F)cc1. The monoisotopic (exact) mass is 256 g/mol. The van der Waals surface area contributed by atoms with Gasteiger partial charge in [0.1, 0.15) is 16.5 Å². The molecule has 0 atom stereocenters. The number of nitrogen functional groups attached to an aromatic ring is 1. The molecule has 0 unspecified atom stereocenters. The van der Waals surface area contributed by atoms with Crippen LogP contribution in [0.5, 0.6) is 0 Å². The number of rotatable bonds is 3. The molecule has 2 aromatic rings. The van der Waals surface area contributed by atoms with Gasteiger partial charge in [-0.1, -0.05) is 0 Å². The number of sulfonamides is 1. The lowest BCUT2D eigenvalue weighted by Crippen LogP contribution is -2.13. The molecule has 6 nitrogen and oxygen atoms in total. The summed E-state index contributed by atoms with van der Waals surface area (Å²) in [6.07, 6.45) is 1.10. The Kier molecular flexibility index (Phi) is 2.72. The molecule has 17 heavy (non-hydrogen) atoms. The van der Waals surface area contributed by atoms with E-state index >= 15 is 0 Å². The van der Waals surface area contributed by atoms with Crippen molar-refractivity contribution in [2.24, 2.45) is 0 Å². The van der Waals surface area contributed by atoms with Crippen molar-refractivity contribution in [3.63, 3.8) is 0 Å². The number of nitrogens with zero attached hydrogens (tertiary/aromatic N) is 1. The van der Waals surface area contributed by atoms with Crippen LogP contribution in [0.15, 0.2) is 35.4 Å². The van der Waals surface area contributed by atoms with Crippen molar-refractivity contribution in [2.75, 3.05) is 10.5 Å². The van der Waals surface area contributed by atoms with Crippen molar-refractivity contribution >= 4 is 21.5 Å². The van der Waals surface area contributed by atoms with Crippen molar-refractivity contribution in [1.82, 2.24) is 10.2 Å². The molecule has 0 saturated heterocycles. The third-order valence-electron chi connectivity index (χ3n) is 2.02. The number of benzene rings is 1. The van der Waals surface area contributed by atoms with Crippen LogP contribution in [0.2, 0.25) is 0 Å². The second kappa shape index (κ2) is 4.06. The minimum Gasteiger partial charge on any atom is -0.383 e. The Balaban J connectivity index is 2.30. The molecule has 0 radical (unpaired) electrons. The molecule has 0 saturated carbocycles. The van der Waals surface area contributed by atoms with Crippen LogP contribution in [0.25, 0.3) is 0 Å². The normalized spacial score (nSPS) is 11.4. The lowest BCUT2D eigenvalue weighted by Gasteiger charge is -2.06. The van der Waals surface area contributed by atoms with E-state index in [1.165, 1.54) is 12.1 Å². The van der Waals surface area contributed by atoms with Gasteiger partial charge in [-0.15, -0.1) is 0 Å². The topological polar surface area (TPSA) is 101 Å². The second-order valence-electron chi connectivity index (χ2n) is 3.26. The Morgan fingerprint density at radius 1 is 1.29 bits per heavy atom. The second-order valence-corrected chi connectivity index (χ2v) is 4.91. The van der Waals surface area contributed by atoms with E-state index in [9.17, 15) is 12.8 Å². The lowest BCUT2D eigenvalue weighted by molar-refractivity contribution is 0.601. The molecule has 0 bridgehead atoms. The van der Waals surface area contributed by atoms with Gasteiger partial charge in [-0.3, -0.25) is 9.82 Å². The zero-order valence-electron chi connectivity index (χ0n) is 8.51. The van der Waals surface area contributed by atoms with Crippen LogP contribution in [0.4, 0.5) is 15.9 Å². The van der Waals surface area contributed by atoms with Crippen molar-refractivity contribution in [1.29, 1.82) is 0 Å². The molecule has 0 spiro atoms. The summed E-state index contributed by atoms with van der Waals surface area (Å²) in [5, 5.41) is 5.83. The van der Waals surface area contributed by atoms with Crippen LogP contribution in [0.3, 0.4) is 0 Å². The minimum absolute atomic E-state index is 0.0559. The number of aromatic amines is 1. The highest BCUT2D eigenvalue weighted by Crippen LogP contribution is 2.19. The van der Waals surface area contributed by atoms with E-state index in [1.54, 1.807) is 0 Å². The van der Waals surface area contributed by atoms with Gasteiger partial charge >= 0.3 is 0 Å². The number of hydrogen-bond acceptors (Lipinski definition) is 4. The molecular weight excluding hydrogens is 247 g/mol. The van der Waals surface area contributed by atoms with E-state index in [2.05, 4.69) is 14.9 Å². The molecule has 1 aromatic heterocycles. The van der Waals surface area contributed by atoms with Crippen molar-refractivity contribution in [3.8, 4) is 0 Å². The summed E-state index contributed by atoms with van der Waals surface area (Å²) in [7, 11) is -3.80. The van der Waals surface area contributed by atoms with E-state index in [0.717, 1.165) is 18.3 Å². The molecule has 0 fully saturated rings. The summed E-state index contributed by atoms with van der Waals surface area (Å²) in [6.45, 7) is 0. The maximum absolute atomic E-state index is 12.6. The molecule has 0 amide bonds. The number of halogens is 1. The average Bonchev–Trinajstić information content (AvgIpc) is 2.68. The molecule has 0 aliphatic heterocycles. The Morgan fingerprint density at radius 2 is 1.94 bits per heavy atom. The van der Waals surface area contributed by atoms with Gasteiger partial charge in [-0.2, -0.15) is 5.10 Å². The van der Waals surface area contributed by atoms with Crippen LogP contribution < -0.4 is 10.5 Å². The molecule has 1 heterocycles. The Morgan fingerprint density at radius 3 is 2.47 bits per heavy atom. The zero-order chi connectivity index (χ0) is 12.5. The van der Waals surface area contributed by atoms with Gasteiger partial charge in [0, 0.05) is 5.69 Å². The average molecular weight is 256 g/mol. The first-order valence-electron chi connectivity index (χ1n) is 4.56. The molecular formula is C9H9FN4O2S. The van der Waals surface area contributed by atoms with Crippen LogP contribution >= 0.6 is 0 Å². The highest BCUT2D eigenvalue weighted by atomic mass is 32.2. The van der Waals surface area contributed by atoms with E-state index in [4.69, 9.17) is 5.73 Å². The zero-order valence-corrected chi connectivity index (χ0v) is 9.33. The van der Waals surface area contributed by atoms with Gasteiger partial charge in [0.05, 0.1) is 6.20 Å². The summed E-state index contributed by atoms with van der Waals surface area (Å²) < 4.78 is 38.5. The molecule has 2 rings (SSSR count). The van der Waals surface area contributed by atoms with Gasteiger partial charge < -0.3 is 5.73 Å². The van der Waals surface area contributed by atoms with Gasteiger partial charge in [0.25, 0.3) is 10.0 Å². The third-order valence-corrected chi connectivity index (χ3v) is 3.43. The summed E-state index contributed by atoms with van der Waals surface area (Å²) in [4.78, 5) is -0.151. The number of hydrogen-bond donors (Lipinski definition) is 3. The fourth-order valence-corrected chi connectivity index (χ4v) is 2.31. The number of nitrogens with one attached hydrogen (secondary N) is 2. The van der Waals surface area contributed by atoms with E-state index in [-0.39, 0.29) is 16.4 Å². The van der Waals surface area contributed by atoms with Crippen LogP contribution in [0.1, 0.15) is 0 Å². The van der Waals surface area contributed by atoms with E-state index < -0.39 is 15.8 Å². The molecule has 90 valence electrons. The highest BCUT2D eigenvalue weighted by Gasteiger charge is 2.19. The first-order valence-corrected chi connectivity index (χ1v) is 6.04. The van der Waals surface area contributed by atoms with Gasteiger partial charge in [0.2, 0.25) is 0 Å². The van der Waals surface area contributed by atoms with Crippen molar-refractivity contribution in [3.05, 3.63) is 36.3 Å². The van der Waals surface area contributed by atoms with E-state index in [0.29, 0.717) is 0 Å². The highest BCUT2D eigenvalue weighted by molar-refractivity contribution is 7.92. The predicted octanol–water partition coefficient (Wildman–Crippen LogP) is 0.932. The van der Waals surface area contributed by atoms with Crippen LogP contribution in [-0.2, 0) is 10.0 Å². The van der Waals surface area contributed by atoms with Crippen molar-refractivity contribution in [2.45, 2.75) is 4.90 Å². The first kappa shape index (κ1) is 11.4. The molecule has 0 aliphatic carbocycles. The van der Waals surface area contributed by atoms with Gasteiger partial charge in [-0.25, -0.2) is 12.8 Å². The molecule has 4 N–H and O–H groups in total. The molecule has 8 heteroatoms. The fraction of sp³-hybridized carbons (Fsp3) is 0. The Hall–Kier alpha value is -2.09. The predicted molar refractivity (Wildman–Crippen MR) is 60.2 cm³/mol. The molecule has 1 aromatic carbocycles. The van der Waals surface area contributed by atoms with Crippen molar-refractivity contribution < 1.29 is 12.8 Å². The lowest BCUT2D eigenvalue weighted by atomic mass is 10.3. The standard InChI is InChI=1S/C9H9FN4O2S/c10-6-1-3-7(4-2-6)14-17(15,16)8-5-12-13-9(8)11/h1-5,14H,(H3,11,12,13). The smallest absolute Gasteiger partial charge is 0.267 e. The maximum atomic E-state index is 12.6. The number of aromatic nitrogens is 2. The summed E-state index contributed by atoms with van der Waals surface area (Å²) in [5.41, 5.74) is 5.65. The number of anilines is 2. The third kappa shape index (κ3) is 2.36. The quantitative estimate of drug-likeness (QED) is 0.760. The first-order chi connectivity index (χ1) is 7.99. The maximum Gasteiger partial charge on any atom is 0.267 e. The van der Waals surface area contributed by atoms with Crippen LogP contribution in [-0.4, -0.2) is 18.6 Å².